The third kappa shape index (κ3) is 15.9. The summed E-state index contributed by atoms with van der Waals surface area (Å²) in [6, 6.07) is 0. The second-order valence-electron chi connectivity index (χ2n) is 15.3. The summed E-state index contributed by atoms with van der Waals surface area (Å²) in [6.07, 6.45) is 12.9. The Morgan fingerprint density at radius 1 is 0.893 bits per heavy atom. The van der Waals surface area contributed by atoms with E-state index < -0.39 is 84.6 Å². The fourth-order valence-corrected chi connectivity index (χ4v) is 6.97. The number of carbonyl (C=O) groups excluding carboxylic acids is 1. The zero-order valence-electron chi connectivity index (χ0n) is 34.8. The molecule has 0 saturated carbocycles. The minimum Gasteiger partial charge on any atom is -0.452 e. The number of allylic oxidation sites excluding steroid dienone is 7. The van der Waals surface area contributed by atoms with Crippen molar-refractivity contribution in [1.82, 2.24) is 0 Å². The third-order valence-electron chi connectivity index (χ3n) is 10.5. The highest BCUT2D eigenvalue weighted by Crippen LogP contribution is 2.44. The van der Waals surface area contributed by atoms with E-state index in [1.807, 2.05) is 26.8 Å². The number of cyclic esters (lactones) is 1. The van der Waals surface area contributed by atoms with Gasteiger partial charge in [0.1, 0.15) is 42.2 Å². The number of hydrogen-bond acceptors (Lipinski definition) is 12. The molecule has 0 amide bonds. The first-order valence-electron chi connectivity index (χ1n) is 19.8. The third-order valence-corrected chi connectivity index (χ3v) is 10.5. The van der Waals surface area contributed by atoms with Crippen molar-refractivity contribution in [3.05, 3.63) is 84.1 Å². The van der Waals surface area contributed by atoms with E-state index in [0.29, 0.717) is 12.8 Å². The second-order valence-corrected chi connectivity index (χ2v) is 15.3. The van der Waals surface area contributed by atoms with Crippen molar-refractivity contribution in [2.24, 2.45) is 11.8 Å². The van der Waals surface area contributed by atoms with Crippen molar-refractivity contribution < 1.29 is 59.1 Å². The molecule has 0 unspecified atom stereocenters. The van der Waals surface area contributed by atoms with E-state index in [1.165, 1.54) is 38.5 Å². The molecule has 2 aliphatic rings. The molecule has 0 aromatic carbocycles. The lowest BCUT2D eigenvalue weighted by Crippen LogP contribution is -2.43. The first-order chi connectivity index (χ1) is 26.5. The minimum absolute atomic E-state index is 0.0968. The summed E-state index contributed by atoms with van der Waals surface area (Å²) in [4.78, 5) is 13.1. The van der Waals surface area contributed by atoms with E-state index in [-0.39, 0.29) is 12.3 Å². The number of epoxide rings is 1. The molecule has 318 valence electrons. The molecule has 14 atom stereocenters. The molecule has 0 bridgehead atoms. The minimum atomic E-state index is -1.23. The molecule has 0 aliphatic carbocycles. The molecule has 1 fully saturated rings. The predicted octanol–water partition coefficient (Wildman–Crippen LogP) is 4.59. The van der Waals surface area contributed by atoms with Gasteiger partial charge in [0.15, 0.2) is 0 Å². The topological polar surface area (TPSA) is 188 Å². The molecular formula is C44H70O12. The highest BCUT2D eigenvalue weighted by atomic mass is 16.6. The molecule has 6 N–H and O–H groups in total. The Balaban J connectivity index is 2.39. The summed E-state index contributed by atoms with van der Waals surface area (Å²) in [5, 5.41) is 65.0. The smallest absolute Gasteiger partial charge is 0.331 e. The Labute approximate surface area is 334 Å². The lowest BCUT2D eigenvalue weighted by molar-refractivity contribution is -0.152. The zero-order chi connectivity index (χ0) is 42.0. The molecule has 2 heterocycles. The van der Waals surface area contributed by atoms with E-state index in [0.717, 1.165) is 36.5 Å². The first kappa shape index (κ1) is 49.4. The van der Waals surface area contributed by atoms with Crippen LogP contribution in [0.4, 0.5) is 0 Å². The lowest BCUT2D eigenvalue weighted by Gasteiger charge is -2.30. The fraction of sp³-hybridized carbons (Fsp3) is 0.659. The number of aliphatic hydroxyl groups is 6. The first-order valence-corrected chi connectivity index (χ1v) is 19.8. The highest BCUT2D eigenvalue weighted by molar-refractivity contribution is 5.82. The Morgan fingerprint density at radius 2 is 1.54 bits per heavy atom. The van der Waals surface area contributed by atoms with Crippen LogP contribution in [0.1, 0.15) is 80.1 Å². The summed E-state index contributed by atoms with van der Waals surface area (Å²) in [5.74, 6) is -1.02. The van der Waals surface area contributed by atoms with Gasteiger partial charge in [-0.3, -0.25) is 0 Å². The molecule has 12 heteroatoms. The number of esters is 1. The van der Waals surface area contributed by atoms with Crippen molar-refractivity contribution in [2.75, 3.05) is 21.3 Å². The maximum Gasteiger partial charge on any atom is 0.331 e. The van der Waals surface area contributed by atoms with Gasteiger partial charge in [-0.25, -0.2) is 4.79 Å². The van der Waals surface area contributed by atoms with Crippen molar-refractivity contribution in [3.63, 3.8) is 0 Å². The van der Waals surface area contributed by atoms with Crippen molar-refractivity contribution in [3.8, 4) is 0 Å². The Bertz CT molecular complexity index is 1380. The number of rotatable bonds is 11. The molecule has 12 nitrogen and oxygen atoms in total. The van der Waals surface area contributed by atoms with Crippen molar-refractivity contribution >= 4 is 5.97 Å². The van der Waals surface area contributed by atoms with Gasteiger partial charge in [0.05, 0.1) is 30.5 Å². The number of methoxy groups -OCH3 is 3. The number of aliphatic hydroxyl groups excluding tert-OH is 6. The molecule has 56 heavy (non-hydrogen) atoms. The summed E-state index contributed by atoms with van der Waals surface area (Å²) in [6.45, 7) is 11.4. The van der Waals surface area contributed by atoms with Crippen LogP contribution in [0.15, 0.2) is 84.1 Å². The van der Waals surface area contributed by atoms with Crippen LogP contribution in [0.5, 0.6) is 0 Å². The monoisotopic (exact) mass is 790 g/mol. The van der Waals surface area contributed by atoms with Gasteiger partial charge in [-0.1, -0.05) is 106 Å². The van der Waals surface area contributed by atoms with Gasteiger partial charge in [-0.05, 0) is 58.4 Å². The molecule has 1 saturated heterocycles. The maximum atomic E-state index is 13.1. The van der Waals surface area contributed by atoms with Crippen LogP contribution in [-0.4, -0.2) is 131 Å². The van der Waals surface area contributed by atoms with Crippen molar-refractivity contribution in [2.45, 2.75) is 153 Å². The highest BCUT2D eigenvalue weighted by Gasteiger charge is 2.61. The van der Waals surface area contributed by atoms with E-state index in [9.17, 15) is 35.4 Å². The van der Waals surface area contributed by atoms with Gasteiger partial charge in [0.2, 0.25) is 0 Å². The van der Waals surface area contributed by atoms with Gasteiger partial charge >= 0.3 is 5.97 Å². The predicted molar refractivity (Wildman–Crippen MR) is 217 cm³/mol. The SMILES string of the molecule is CCC[C@H](O)[C@@H](OC)[C@H]1O[C@]1(C)[C@@H](O)C/C=C/[C@@H]1OC(=O)/C=C/C=C/[C@@H](O)[C@H](O)/C=C/C(C)=C/[C@H](C)CCC[C@@H](OC)[C@H](O)/C=C/C(C)=C/[C@@H](C)[C@H](O)[C@H]1OC. The number of carbonyl (C=O) groups is 1. The Kier molecular flexibility index (Phi) is 22.0. The van der Waals surface area contributed by atoms with E-state index in [4.69, 9.17) is 23.7 Å². The van der Waals surface area contributed by atoms with Crippen LogP contribution in [0.25, 0.3) is 0 Å². The van der Waals surface area contributed by atoms with E-state index >= 15 is 0 Å². The molecular weight excluding hydrogens is 720 g/mol. The van der Waals surface area contributed by atoms with Crippen LogP contribution in [-0.2, 0) is 28.5 Å². The molecule has 0 radical (unpaired) electrons. The quantitative estimate of drug-likeness (QED) is 0.0973. The number of hydrogen-bond donors (Lipinski definition) is 6. The van der Waals surface area contributed by atoms with Gasteiger partial charge in [0.25, 0.3) is 0 Å². The zero-order valence-corrected chi connectivity index (χ0v) is 34.8. The average Bonchev–Trinajstić information content (AvgIpc) is 3.84. The molecule has 0 aromatic heterocycles. The van der Waals surface area contributed by atoms with Gasteiger partial charge in [-0.15, -0.1) is 0 Å². The van der Waals surface area contributed by atoms with Gasteiger partial charge in [0, 0.05) is 33.3 Å². The average molecular weight is 791 g/mol. The van der Waals surface area contributed by atoms with Crippen LogP contribution in [0.2, 0.25) is 0 Å². The largest absolute Gasteiger partial charge is 0.452 e. The fourth-order valence-electron chi connectivity index (χ4n) is 6.97. The summed E-state index contributed by atoms with van der Waals surface area (Å²) < 4.78 is 28.5. The molecule has 0 aromatic rings. The van der Waals surface area contributed by atoms with Crippen LogP contribution < -0.4 is 0 Å². The van der Waals surface area contributed by atoms with Crippen molar-refractivity contribution in [1.29, 1.82) is 0 Å². The molecule has 2 aliphatic heterocycles. The van der Waals surface area contributed by atoms with Crippen LogP contribution in [0, 0.1) is 11.8 Å². The maximum absolute atomic E-state index is 13.1. The normalized spacial score (nSPS) is 39.2. The lowest BCUT2D eigenvalue weighted by atomic mass is 9.91. The molecule has 2 rings (SSSR count). The van der Waals surface area contributed by atoms with Gasteiger partial charge < -0.3 is 54.3 Å². The van der Waals surface area contributed by atoms with Crippen LogP contribution >= 0.6 is 0 Å². The summed E-state index contributed by atoms with van der Waals surface area (Å²) in [7, 11) is 4.47. The summed E-state index contributed by atoms with van der Waals surface area (Å²) in [5.41, 5.74) is 0.738. The van der Waals surface area contributed by atoms with E-state index in [2.05, 4.69) is 13.0 Å². The standard InChI is InChI=1S/C44H70O12/c1-10-15-35(48)41(53-8)43-44(6,56-43)38(49)20-14-19-37-42(54-9)40(51)31(5)27-30(4)23-25-34(47)36(52-7)18-13-16-28(2)26-29(3)22-24-33(46)32(45)17-11-12-21-39(50)55-37/h11-12,14,17,19,21-28,31-38,40-43,45-49,51H,10,13,15-16,18,20H2,1-9H3/b17-11+,19-14+,21-12+,24-22+,25-23+,29-26+,30-27+/t28-,31-,32-,33-,34-,35+,36-,37+,38+,40+,41-,42+,43-,44-/m1/s1. The van der Waals surface area contributed by atoms with E-state index in [1.54, 1.807) is 51.3 Å². The second kappa shape index (κ2) is 24.9. The van der Waals surface area contributed by atoms with Crippen LogP contribution in [0.3, 0.4) is 0 Å². The Hall–Kier alpha value is -2.75. The summed E-state index contributed by atoms with van der Waals surface area (Å²) >= 11 is 0. The van der Waals surface area contributed by atoms with Gasteiger partial charge in [-0.2, -0.15) is 0 Å². The number of ether oxygens (including phenoxy) is 5. The molecule has 0 spiro atoms. The Morgan fingerprint density at radius 3 is 2.16 bits per heavy atom.